The molecule has 120 valence electrons. The number of rotatable bonds is 1. The highest BCUT2D eigenvalue weighted by molar-refractivity contribution is 5.96. The normalized spacial score (nSPS) is 52.3. The van der Waals surface area contributed by atoms with Gasteiger partial charge in [-0.3, -0.25) is 9.59 Å². The molecular formula is C17H22O5. The first-order valence-electron chi connectivity index (χ1n) is 7.92. The molecule has 2 heterocycles. The first kappa shape index (κ1) is 14.4. The molecule has 2 aliphatic heterocycles. The third kappa shape index (κ3) is 1.46. The maximum atomic E-state index is 12.3. The van der Waals surface area contributed by atoms with E-state index in [4.69, 9.17) is 14.2 Å². The van der Waals surface area contributed by atoms with Gasteiger partial charge in [0.15, 0.2) is 5.78 Å². The number of epoxide rings is 1. The van der Waals surface area contributed by atoms with Crippen LogP contribution in [0.25, 0.3) is 0 Å². The van der Waals surface area contributed by atoms with Crippen molar-refractivity contribution in [2.24, 2.45) is 10.8 Å². The van der Waals surface area contributed by atoms with Gasteiger partial charge in [-0.15, -0.1) is 0 Å². The molecule has 2 aliphatic carbocycles. The van der Waals surface area contributed by atoms with E-state index in [2.05, 4.69) is 13.8 Å². The lowest BCUT2D eigenvalue weighted by Crippen LogP contribution is -2.62. The van der Waals surface area contributed by atoms with Crippen LogP contribution < -0.4 is 0 Å². The molecule has 1 spiro atoms. The van der Waals surface area contributed by atoms with Gasteiger partial charge in [0.25, 0.3) is 0 Å². The largest absolute Gasteiger partial charge is 0.460 e. The van der Waals surface area contributed by atoms with Crippen LogP contribution in [-0.4, -0.2) is 42.3 Å². The second kappa shape index (κ2) is 4.01. The van der Waals surface area contributed by atoms with Crippen molar-refractivity contribution in [3.63, 3.8) is 0 Å². The van der Waals surface area contributed by atoms with E-state index in [1.807, 2.05) is 13.0 Å². The molecule has 1 saturated carbocycles. The molecule has 0 aromatic heterocycles. The van der Waals surface area contributed by atoms with Crippen LogP contribution in [-0.2, 0) is 23.8 Å². The van der Waals surface area contributed by atoms with Crippen molar-refractivity contribution in [1.82, 2.24) is 0 Å². The Morgan fingerprint density at radius 2 is 2.09 bits per heavy atom. The fourth-order valence-corrected chi connectivity index (χ4v) is 5.02. The molecule has 5 nitrogen and oxygen atoms in total. The maximum Gasteiger partial charge on any atom is 0.302 e. The second-order valence-electron chi connectivity index (χ2n) is 7.71. The molecule has 5 heteroatoms. The zero-order chi connectivity index (χ0) is 15.9. The van der Waals surface area contributed by atoms with E-state index in [0.29, 0.717) is 19.4 Å². The molecule has 4 aliphatic rings. The average Bonchev–Trinajstić information content (AvgIpc) is 3.16. The van der Waals surface area contributed by atoms with E-state index in [0.717, 1.165) is 5.57 Å². The van der Waals surface area contributed by atoms with Gasteiger partial charge in [0.05, 0.1) is 12.7 Å². The minimum absolute atomic E-state index is 0.129. The van der Waals surface area contributed by atoms with Gasteiger partial charge in [0.1, 0.15) is 17.8 Å². The van der Waals surface area contributed by atoms with Crippen molar-refractivity contribution in [2.75, 3.05) is 6.61 Å². The Labute approximate surface area is 130 Å². The summed E-state index contributed by atoms with van der Waals surface area (Å²) in [5.74, 6) is -0.120. The van der Waals surface area contributed by atoms with Crippen molar-refractivity contribution < 1.29 is 23.8 Å². The standard InChI is InChI=1S/C17H22O5/c1-9-5-13-15(3,6-11(9)19)16(4)7-12(21-10(2)18)14(22-13)17(16)8-20-17/h5,12-14H,6-8H2,1-4H3/t12?,13-,14-,15+,16-,17+/m1/s1. The number of Topliss-reactive ketones (excluding diaryl/α,β-unsaturated/α-hetero) is 1. The molecule has 0 amide bonds. The van der Waals surface area contributed by atoms with Gasteiger partial charge in [-0.05, 0) is 25.0 Å². The summed E-state index contributed by atoms with van der Waals surface area (Å²) >= 11 is 0. The minimum atomic E-state index is -0.405. The Hall–Kier alpha value is -1.20. The molecule has 0 radical (unpaired) electrons. The minimum Gasteiger partial charge on any atom is -0.460 e. The Balaban J connectivity index is 1.80. The van der Waals surface area contributed by atoms with E-state index in [9.17, 15) is 9.59 Å². The van der Waals surface area contributed by atoms with Crippen LogP contribution in [0, 0.1) is 10.8 Å². The van der Waals surface area contributed by atoms with Crippen LogP contribution >= 0.6 is 0 Å². The highest BCUT2D eigenvalue weighted by Gasteiger charge is 2.81. The number of ketones is 1. The first-order chi connectivity index (χ1) is 10.2. The molecule has 0 N–H and O–H groups in total. The Bertz CT molecular complexity index is 604. The Morgan fingerprint density at radius 3 is 2.68 bits per heavy atom. The second-order valence-corrected chi connectivity index (χ2v) is 7.71. The van der Waals surface area contributed by atoms with E-state index >= 15 is 0 Å². The third-order valence-corrected chi connectivity index (χ3v) is 6.66. The number of ether oxygens (including phenoxy) is 3. The number of allylic oxidation sites excluding steroid dienone is 1. The van der Waals surface area contributed by atoms with Crippen LogP contribution in [0.2, 0.25) is 0 Å². The topological polar surface area (TPSA) is 65.1 Å². The fraction of sp³-hybridized carbons (Fsp3) is 0.765. The van der Waals surface area contributed by atoms with Crippen LogP contribution in [0.4, 0.5) is 0 Å². The summed E-state index contributed by atoms with van der Waals surface area (Å²) in [6, 6.07) is 0. The van der Waals surface area contributed by atoms with Crippen molar-refractivity contribution in [3.05, 3.63) is 11.6 Å². The first-order valence-corrected chi connectivity index (χ1v) is 7.92. The monoisotopic (exact) mass is 306 g/mol. The Morgan fingerprint density at radius 1 is 1.41 bits per heavy atom. The molecule has 1 unspecified atom stereocenters. The number of fused-ring (bicyclic) bond motifs is 2. The van der Waals surface area contributed by atoms with Gasteiger partial charge in [-0.25, -0.2) is 0 Å². The predicted octanol–water partition coefficient (Wildman–Crippen LogP) is 1.79. The van der Waals surface area contributed by atoms with E-state index in [-0.39, 0.29) is 40.9 Å². The zero-order valence-electron chi connectivity index (χ0n) is 13.5. The lowest BCUT2D eigenvalue weighted by molar-refractivity contribution is -0.200. The summed E-state index contributed by atoms with van der Waals surface area (Å²) in [6.45, 7) is 8.18. The van der Waals surface area contributed by atoms with Gasteiger partial charge in [-0.2, -0.15) is 0 Å². The molecule has 0 aromatic rings. The molecular weight excluding hydrogens is 284 g/mol. The van der Waals surface area contributed by atoms with Crippen LogP contribution in [0.5, 0.6) is 0 Å². The van der Waals surface area contributed by atoms with E-state index in [1.54, 1.807) is 0 Å². The summed E-state index contributed by atoms with van der Waals surface area (Å²) < 4.78 is 17.7. The van der Waals surface area contributed by atoms with Crippen molar-refractivity contribution in [2.45, 2.75) is 64.4 Å². The van der Waals surface area contributed by atoms with Crippen molar-refractivity contribution in [3.8, 4) is 0 Å². The van der Waals surface area contributed by atoms with Crippen molar-refractivity contribution >= 4 is 11.8 Å². The molecule has 4 rings (SSSR count). The third-order valence-electron chi connectivity index (χ3n) is 6.66. The fourth-order valence-electron chi connectivity index (χ4n) is 5.02. The van der Waals surface area contributed by atoms with Crippen molar-refractivity contribution in [1.29, 1.82) is 0 Å². The molecule has 2 bridgehead atoms. The lowest BCUT2D eigenvalue weighted by Gasteiger charge is -2.55. The molecule has 3 fully saturated rings. The van der Waals surface area contributed by atoms with Gasteiger partial charge in [0.2, 0.25) is 0 Å². The quantitative estimate of drug-likeness (QED) is 0.546. The van der Waals surface area contributed by atoms with Crippen LogP contribution in [0.15, 0.2) is 11.6 Å². The summed E-state index contributed by atoms with van der Waals surface area (Å²) in [6.07, 6.45) is 2.43. The highest BCUT2D eigenvalue weighted by Crippen LogP contribution is 2.71. The molecule has 22 heavy (non-hydrogen) atoms. The smallest absolute Gasteiger partial charge is 0.302 e. The highest BCUT2D eigenvalue weighted by atomic mass is 16.7. The Kier molecular flexibility index (Phi) is 2.62. The van der Waals surface area contributed by atoms with Gasteiger partial charge >= 0.3 is 5.97 Å². The van der Waals surface area contributed by atoms with E-state index < -0.39 is 5.60 Å². The summed E-state index contributed by atoms with van der Waals surface area (Å²) in [7, 11) is 0. The van der Waals surface area contributed by atoms with Gasteiger partial charge in [0, 0.05) is 24.2 Å². The number of esters is 1. The van der Waals surface area contributed by atoms with Gasteiger partial charge in [-0.1, -0.05) is 13.8 Å². The predicted molar refractivity (Wildman–Crippen MR) is 77.1 cm³/mol. The molecule has 6 atom stereocenters. The number of hydrogen-bond donors (Lipinski definition) is 0. The number of carbonyl (C=O) groups excluding carboxylic acids is 2. The van der Waals surface area contributed by atoms with E-state index in [1.165, 1.54) is 6.92 Å². The van der Waals surface area contributed by atoms with Gasteiger partial charge < -0.3 is 14.2 Å². The van der Waals surface area contributed by atoms with Crippen LogP contribution in [0.3, 0.4) is 0 Å². The zero-order valence-corrected chi connectivity index (χ0v) is 13.5. The SMILES string of the molecule is CC(=O)OC1C[C@]2(C)[C@@]3(C)CC(=O)C(C)=C[C@H]3O[C@H]1[C@@]21CO1. The molecule has 2 saturated heterocycles. The lowest BCUT2D eigenvalue weighted by atomic mass is 9.52. The average molecular weight is 306 g/mol. The number of hydrogen-bond acceptors (Lipinski definition) is 5. The summed E-state index contributed by atoms with van der Waals surface area (Å²) in [4.78, 5) is 23.8. The summed E-state index contributed by atoms with van der Waals surface area (Å²) in [5.41, 5.74) is -0.203. The number of carbonyl (C=O) groups is 2. The summed E-state index contributed by atoms with van der Waals surface area (Å²) in [5, 5.41) is 0. The van der Waals surface area contributed by atoms with Crippen LogP contribution in [0.1, 0.15) is 40.5 Å². The maximum absolute atomic E-state index is 12.3. The molecule has 0 aromatic carbocycles.